The first-order valence-electron chi connectivity index (χ1n) is 7.57. The topological polar surface area (TPSA) is 50.3 Å². The molecule has 20 heavy (non-hydrogen) atoms. The normalized spacial score (nSPS) is 16.1. The fourth-order valence-electron chi connectivity index (χ4n) is 2.47. The summed E-state index contributed by atoms with van der Waals surface area (Å²) >= 11 is 0. The van der Waals surface area contributed by atoms with Gasteiger partial charge in [-0.25, -0.2) is 4.98 Å². The van der Waals surface area contributed by atoms with E-state index in [1.165, 1.54) is 0 Å². The van der Waals surface area contributed by atoms with Gasteiger partial charge in [-0.2, -0.15) is 4.98 Å². The molecular weight excluding hydrogens is 252 g/mol. The monoisotopic (exact) mass is 278 g/mol. The lowest BCUT2D eigenvalue weighted by Gasteiger charge is -2.28. The maximum absolute atomic E-state index is 5.42. The van der Waals surface area contributed by atoms with E-state index in [-0.39, 0.29) is 0 Å². The van der Waals surface area contributed by atoms with Gasteiger partial charge in [0.2, 0.25) is 5.95 Å². The second-order valence-corrected chi connectivity index (χ2v) is 5.55. The van der Waals surface area contributed by atoms with Crippen molar-refractivity contribution in [1.82, 2.24) is 9.97 Å². The van der Waals surface area contributed by atoms with Crippen LogP contribution in [0.15, 0.2) is 6.07 Å². The largest absolute Gasteiger partial charge is 0.381 e. The summed E-state index contributed by atoms with van der Waals surface area (Å²) in [6, 6.07) is 2.05. The molecule has 0 bridgehead atoms. The molecule has 1 aromatic heterocycles. The lowest BCUT2D eigenvalue weighted by Crippen LogP contribution is -2.30. The van der Waals surface area contributed by atoms with Crippen LogP contribution in [-0.4, -0.2) is 43.3 Å². The highest BCUT2D eigenvalue weighted by molar-refractivity contribution is 5.44. The fourth-order valence-corrected chi connectivity index (χ4v) is 2.47. The standard InChI is InChI=1S/C15H26N4O/c1-4-7-16-15-17-12(2)10-14(18-15)19(3)11-13-5-8-20-9-6-13/h10,13H,4-9,11H2,1-3H3,(H,16,17,18). The zero-order valence-corrected chi connectivity index (χ0v) is 12.9. The minimum Gasteiger partial charge on any atom is -0.381 e. The van der Waals surface area contributed by atoms with E-state index < -0.39 is 0 Å². The van der Waals surface area contributed by atoms with Crippen LogP contribution in [0.2, 0.25) is 0 Å². The Labute approximate surface area is 121 Å². The van der Waals surface area contributed by atoms with Gasteiger partial charge in [-0.1, -0.05) is 6.92 Å². The van der Waals surface area contributed by atoms with Crippen LogP contribution in [0.4, 0.5) is 11.8 Å². The minimum absolute atomic E-state index is 0.705. The summed E-state index contributed by atoms with van der Waals surface area (Å²) in [6.45, 7) is 7.89. The van der Waals surface area contributed by atoms with Gasteiger partial charge in [-0.3, -0.25) is 0 Å². The average molecular weight is 278 g/mol. The first-order chi connectivity index (χ1) is 9.69. The van der Waals surface area contributed by atoms with Crippen LogP contribution in [0, 0.1) is 12.8 Å². The highest BCUT2D eigenvalue weighted by atomic mass is 16.5. The van der Waals surface area contributed by atoms with Crippen molar-refractivity contribution in [3.05, 3.63) is 11.8 Å². The Morgan fingerprint density at radius 2 is 2.10 bits per heavy atom. The molecular formula is C15H26N4O. The van der Waals surface area contributed by atoms with Gasteiger partial charge in [0.25, 0.3) is 0 Å². The Balaban J connectivity index is 2.00. The summed E-state index contributed by atoms with van der Waals surface area (Å²) in [6.07, 6.45) is 3.37. The van der Waals surface area contributed by atoms with Crippen molar-refractivity contribution in [2.75, 3.05) is 43.6 Å². The molecule has 5 nitrogen and oxygen atoms in total. The smallest absolute Gasteiger partial charge is 0.224 e. The molecule has 1 aliphatic heterocycles. The van der Waals surface area contributed by atoms with Crippen LogP contribution in [-0.2, 0) is 4.74 Å². The molecule has 1 aromatic rings. The van der Waals surface area contributed by atoms with Crippen molar-refractivity contribution < 1.29 is 4.74 Å². The van der Waals surface area contributed by atoms with Crippen LogP contribution >= 0.6 is 0 Å². The summed E-state index contributed by atoms with van der Waals surface area (Å²) in [5.41, 5.74) is 1.01. The maximum atomic E-state index is 5.42. The molecule has 0 amide bonds. The molecule has 0 aromatic carbocycles. The lowest BCUT2D eigenvalue weighted by molar-refractivity contribution is 0.0685. The van der Waals surface area contributed by atoms with E-state index in [0.717, 1.165) is 63.0 Å². The first-order valence-corrected chi connectivity index (χ1v) is 7.57. The van der Waals surface area contributed by atoms with E-state index in [1.807, 2.05) is 6.92 Å². The van der Waals surface area contributed by atoms with Crippen molar-refractivity contribution in [1.29, 1.82) is 0 Å². The van der Waals surface area contributed by atoms with Crippen molar-refractivity contribution in [3.8, 4) is 0 Å². The van der Waals surface area contributed by atoms with Crippen LogP contribution in [0.3, 0.4) is 0 Å². The number of aromatic nitrogens is 2. The molecule has 1 fully saturated rings. The third-order valence-electron chi connectivity index (χ3n) is 3.64. The second kappa shape index (κ2) is 7.43. The number of nitrogens with one attached hydrogen (secondary N) is 1. The van der Waals surface area contributed by atoms with E-state index >= 15 is 0 Å². The highest BCUT2D eigenvalue weighted by Gasteiger charge is 2.17. The van der Waals surface area contributed by atoms with E-state index in [2.05, 4.69) is 40.2 Å². The van der Waals surface area contributed by atoms with Crippen LogP contribution in [0.1, 0.15) is 31.9 Å². The van der Waals surface area contributed by atoms with E-state index in [4.69, 9.17) is 4.74 Å². The number of hydrogen-bond donors (Lipinski definition) is 1. The summed E-state index contributed by atoms with van der Waals surface area (Å²) in [5.74, 6) is 2.44. The van der Waals surface area contributed by atoms with Gasteiger partial charge in [-0.15, -0.1) is 0 Å². The summed E-state index contributed by atoms with van der Waals surface area (Å²) < 4.78 is 5.42. The Morgan fingerprint density at radius 1 is 1.35 bits per heavy atom. The second-order valence-electron chi connectivity index (χ2n) is 5.55. The highest BCUT2D eigenvalue weighted by Crippen LogP contribution is 2.20. The molecule has 0 unspecified atom stereocenters. The third-order valence-corrected chi connectivity index (χ3v) is 3.64. The van der Waals surface area contributed by atoms with Gasteiger partial charge in [0.05, 0.1) is 0 Å². The Kier molecular flexibility index (Phi) is 5.59. The van der Waals surface area contributed by atoms with Gasteiger partial charge >= 0.3 is 0 Å². The molecule has 1 saturated heterocycles. The van der Waals surface area contributed by atoms with Crippen LogP contribution < -0.4 is 10.2 Å². The number of rotatable bonds is 6. The number of ether oxygens (including phenoxy) is 1. The number of anilines is 2. The zero-order valence-electron chi connectivity index (χ0n) is 12.9. The molecule has 1 aliphatic rings. The molecule has 112 valence electrons. The molecule has 0 aliphatic carbocycles. The molecule has 0 spiro atoms. The molecule has 5 heteroatoms. The molecule has 0 saturated carbocycles. The maximum Gasteiger partial charge on any atom is 0.224 e. The minimum atomic E-state index is 0.705. The lowest BCUT2D eigenvalue weighted by atomic mass is 10.00. The van der Waals surface area contributed by atoms with Crippen LogP contribution in [0.5, 0.6) is 0 Å². The predicted octanol–water partition coefficient (Wildman–Crippen LogP) is 2.47. The van der Waals surface area contributed by atoms with E-state index in [9.17, 15) is 0 Å². The van der Waals surface area contributed by atoms with E-state index in [0.29, 0.717) is 5.92 Å². The summed E-state index contributed by atoms with van der Waals surface area (Å²) in [5, 5.41) is 3.27. The van der Waals surface area contributed by atoms with Gasteiger partial charge in [0, 0.05) is 45.1 Å². The van der Waals surface area contributed by atoms with Gasteiger partial charge in [0.1, 0.15) is 5.82 Å². The zero-order chi connectivity index (χ0) is 14.4. The molecule has 0 atom stereocenters. The van der Waals surface area contributed by atoms with Gasteiger partial charge in [-0.05, 0) is 32.1 Å². The van der Waals surface area contributed by atoms with Crippen LogP contribution in [0.25, 0.3) is 0 Å². The van der Waals surface area contributed by atoms with Gasteiger partial charge < -0.3 is 15.0 Å². The molecule has 0 radical (unpaired) electrons. The average Bonchev–Trinajstić information content (AvgIpc) is 2.45. The van der Waals surface area contributed by atoms with Gasteiger partial charge in [0.15, 0.2) is 0 Å². The predicted molar refractivity (Wildman–Crippen MR) is 82.4 cm³/mol. The van der Waals surface area contributed by atoms with Crippen molar-refractivity contribution in [2.24, 2.45) is 5.92 Å². The molecule has 2 heterocycles. The first kappa shape index (κ1) is 15.0. The number of hydrogen-bond acceptors (Lipinski definition) is 5. The molecule has 2 rings (SSSR count). The SMILES string of the molecule is CCCNc1nc(C)cc(N(C)CC2CCOCC2)n1. The number of nitrogens with zero attached hydrogens (tertiary/aromatic N) is 3. The Morgan fingerprint density at radius 3 is 2.80 bits per heavy atom. The molecule has 1 N–H and O–H groups in total. The van der Waals surface area contributed by atoms with Crippen molar-refractivity contribution in [3.63, 3.8) is 0 Å². The van der Waals surface area contributed by atoms with E-state index in [1.54, 1.807) is 0 Å². The summed E-state index contributed by atoms with van der Waals surface area (Å²) in [4.78, 5) is 11.3. The van der Waals surface area contributed by atoms with Crippen molar-refractivity contribution >= 4 is 11.8 Å². The Hall–Kier alpha value is -1.36. The quantitative estimate of drug-likeness (QED) is 0.866. The van der Waals surface area contributed by atoms with Crippen molar-refractivity contribution in [2.45, 2.75) is 33.1 Å². The third kappa shape index (κ3) is 4.34. The Bertz CT molecular complexity index is 418. The summed E-state index contributed by atoms with van der Waals surface area (Å²) in [7, 11) is 2.11. The number of aryl methyl sites for hydroxylation is 1. The fraction of sp³-hybridized carbons (Fsp3) is 0.733.